The molecular formula is C4H12N4. The Morgan fingerprint density at radius 1 is 1.88 bits per heavy atom. The van der Waals surface area contributed by atoms with E-state index in [1.54, 1.807) is 13.1 Å². The van der Waals surface area contributed by atoms with Crippen molar-refractivity contribution in [1.29, 1.82) is 0 Å². The molecule has 0 amide bonds. The Balaban J connectivity index is 3.17. The molecule has 0 bridgehead atoms. The third-order valence-electron chi connectivity index (χ3n) is 0.637. The Labute approximate surface area is 49.0 Å². The average Bonchev–Trinajstić information content (AvgIpc) is 1.68. The highest BCUT2D eigenvalue weighted by molar-refractivity contribution is 5.53. The lowest BCUT2D eigenvalue weighted by molar-refractivity contribution is 0.561. The van der Waals surface area contributed by atoms with Gasteiger partial charge in [0.1, 0.15) is 0 Å². The van der Waals surface area contributed by atoms with Gasteiger partial charge in [0.25, 0.3) is 0 Å². The molecule has 1 unspecified atom stereocenters. The van der Waals surface area contributed by atoms with E-state index in [0.29, 0.717) is 6.67 Å². The number of hydrogen-bond acceptors (Lipinski definition) is 4. The first-order valence-corrected chi connectivity index (χ1v) is 2.48. The summed E-state index contributed by atoms with van der Waals surface area (Å²) in [6.07, 6.45) is 1.29. The molecule has 48 valence electrons. The molecule has 5 N–H and O–H groups in total. The van der Waals surface area contributed by atoms with Crippen LogP contribution in [-0.4, -0.2) is 19.2 Å². The van der Waals surface area contributed by atoms with Gasteiger partial charge in [-0.2, -0.15) is 0 Å². The van der Waals surface area contributed by atoms with Crippen molar-refractivity contribution in [1.82, 2.24) is 5.32 Å². The van der Waals surface area contributed by atoms with Crippen molar-refractivity contribution in [3.05, 3.63) is 0 Å². The van der Waals surface area contributed by atoms with Crippen LogP contribution in [0.25, 0.3) is 0 Å². The van der Waals surface area contributed by atoms with Crippen molar-refractivity contribution < 1.29 is 0 Å². The monoisotopic (exact) mass is 116 g/mol. The maximum atomic E-state index is 5.31. The Morgan fingerprint density at radius 3 is 2.88 bits per heavy atom. The Bertz CT molecular complexity index is 70.4. The molecule has 4 heteroatoms. The van der Waals surface area contributed by atoms with E-state index in [4.69, 9.17) is 11.5 Å². The number of nitrogens with one attached hydrogen (secondary N) is 1. The highest BCUT2D eigenvalue weighted by Gasteiger charge is 1.88. The van der Waals surface area contributed by atoms with Gasteiger partial charge in [-0.05, 0) is 13.1 Å². The van der Waals surface area contributed by atoms with E-state index in [0.717, 1.165) is 0 Å². The lowest BCUT2D eigenvalue weighted by Crippen LogP contribution is -2.39. The summed E-state index contributed by atoms with van der Waals surface area (Å²) in [4.78, 5) is 3.78. The van der Waals surface area contributed by atoms with Crippen molar-refractivity contribution in [3.8, 4) is 0 Å². The maximum Gasteiger partial charge on any atom is 0.151 e. The predicted molar refractivity (Wildman–Crippen MR) is 34.3 cm³/mol. The molecule has 0 aromatic heterocycles. The SMILES string of the molecule is C/C=N\C(N)NCN. The van der Waals surface area contributed by atoms with E-state index < -0.39 is 0 Å². The van der Waals surface area contributed by atoms with Crippen molar-refractivity contribution in [3.63, 3.8) is 0 Å². The molecule has 4 nitrogen and oxygen atoms in total. The Kier molecular flexibility index (Phi) is 4.44. The number of aliphatic imine (C=N–C) groups is 1. The van der Waals surface area contributed by atoms with Gasteiger partial charge in [-0.15, -0.1) is 0 Å². The smallest absolute Gasteiger partial charge is 0.151 e. The molecular weight excluding hydrogens is 104 g/mol. The Hall–Kier alpha value is -0.450. The van der Waals surface area contributed by atoms with Crippen LogP contribution in [0, 0.1) is 0 Å². The predicted octanol–water partition coefficient (Wildman–Crippen LogP) is -1.17. The summed E-state index contributed by atoms with van der Waals surface area (Å²) >= 11 is 0. The van der Waals surface area contributed by atoms with E-state index in [-0.39, 0.29) is 6.29 Å². The highest BCUT2D eigenvalue weighted by Crippen LogP contribution is 1.67. The summed E-state index contributed by atoms with van der Waals surface area (Å²) in [5, 5.41) is 2.70. The van der Waals surface area contributed by atoms with E-state index >= 15 is 0 Å². The van der Waals surface area contributed by atoms with Crippen LogP contribution in [0.15, 0.2) is 4.99 Å². The van der Waals surface area contributed by atoms with Gasteiger partial charge in [0, 0.05) is 6.67 Å². The number of rotatable bonds is 3. The summed E-state index contributed by atoms with van der Waals surface area (Å²) in [6.45, 7) is 2.16. The van der Waals surface area contributed by atoms with Gasteiger partial charge in [0.15, 0.2) is 6.29 Å². The van der Waals surface area contributed by atoms with E-state index in [1.807, 2.05) is 0 Å². The van der Waals surface area contributed by atoms with Gasteiger partial charge >= 0.3 is 0 Å². The molecule has 1 atom stereocenters. The van der Waals surface area contributed by atoms with Crippen LogP contribution in [0.3, 0.4) is 0 Å². The average molecular weight is 116 g/mol. The Morgan fingerprint density at radius 2 is 2.50 bits per heavy atom. The van der Waals surface area contributed by atoms with Gasteiger partial charge in [0.05, 0.1) is 0 Å². The van der Waals surface area contributed by atoms with Gasteiger partial charge < -0.3 is 5.73 Å². The molecule has 0 spiro atoms. The minimum absolute atomic E-state index is 0.343. The fourth-order valence-corrected chi connectivity index (χ4v) is 0.334. The molecule has 8 heavy (non-hydrogen) atoms. The summed E-state index contributed by atoms with van der Waals surface area (Å²) < 4.78 is 0. The summed E-state index contributed by atoms with van der Waals surface area (Å²) in [6, 6.07) is 0. The molecule has 0 aromatic carbocycles. The second-order valence-electron chi connectivity index (χ2n) is 1.26. The standard InChI is InChI=1S/C4H12N4/c1-2-7-4(6)8-3-5/h2,4,8H,3,5-6H2,1H3/b7-2-. The van der Waals surface area contributed by atoms with Crippen molar-refractivity contribution in [2.24, 2.45) is 16.5 Å². The molecule has 0 heterocycles. The van der Waals surface area contributed by atoms with Crippen LogP contribution in [0.2, 0.25) is 0 Å². The maximum absolute atomic E-state index is 5.31. The fourth-order valence-electron chi connectivity index (χ4n) is 0.334. The normalized spacial score (nSPS) is 14.9. The minimum atomic E-state index is -0.343. The molecule has 0 saturated heterocycles. The van der Waals surface area contributed by atoms with Crippen molar-refractivity contribution >= 4 is 6.21 Å². The van der Waals surface area contributed by atoms with Crippen LogP contribution < -0.4 is 16.8 Å². The van der Waals surface area contributed by atoms with Gasteiger partial charge in [-0.25, -0.2) is 0 Å². The lowest BCUT2D eigenvalue weighted by atomic mass is 10.8. The molecule has 0 rings (SSSR count). The van der Waals surface area contributed by atoms with Gasteiger partial charge in [-0.3, -0.25) is 16.0 Å². The van der Waals surface area contributed by atoms with Gasteiger partial charge in [0.2, 0.25) is 0 Å². The fraction of sp³-hybridized carbons (Fsp3) is 0.750. The van der Waals surface area contributed by atoms with Crippen molar-refractivity contribution in [2.75, 3.05) is 6.67 Å². The summed E-state index contributed by atoms with van der Waals surface area (Å²) in [7, 11) is 0. The first kappa shape index (κ1) is 7.55. The van der Waals surface area contributed by atoms with E-state index in [9.17, 15) is 0 Å². The molecule has 0 saturated carbocycles. The minimum Gasteiger partial charge on any atom is -0.318 e. The highest BCUT2D eigenvalue weighted by atomic mass is 15.2. The second kappa shape index (κ2) is 4.70. The van der Waals surface area contributed by atoms with E-state index in [2.05, 4.69) is 10.3 Å². The van der Waals surface area contributed by atoms with Crippen LogP contribution in [0.4, 0.5) is 0 Å². The largest absolute Gasteiger partial charge is 0.318 e. The zero-order valence-corrected chi connectivity index (χ0v) is 4.96. The van der Waals surface area contributed by atoms with Crippen LogP contribution >= 0.6 is 0 Å². The summed E-state index contributed by atoms with van der Waals surface area (Å²) in [5.41, 5.74) is 10.4. The topological polar surface area (TPSA) is 76.4 Å². The molecule has 0 aliphatic rings. The number of nitrogens with two attached hydrogens (primary N) is 2. The summed E-state index contributed by atoms with van der Waals surface area (Å²) in [5.74, 6) is 0. The van der Waals surface area contributed by atoms with Gasteiger partial charge in [-0.1, -0.05) is 0 Å². The molecule has 0 aliphatic heterocycles. The first-order chi connectivity index (χ1) is 3.81. The third kappa shape index (κ3) is 3.73. The third-order valence-corrected chi connectivity index (χ3v) is 0.637. The molecule has 0 aromatic rings. The lowest BCUT2D eigenvalue weighted by Gasteiger charge is -2.03. The zero-order chi connectivity index (χ0) is 6.41. The number of nitrogens with zero attached hydrogens (tertiary/aromatic N) is 1. The zero-order valence-electron chi connectivity index (χ0n) is 4.96. The van der Waals surface area contributed by atoms with E-state index in [1.165, 1.54) is 0 Å². The quantitative estimate of drug-likeness (QED) is 0.321. The molecule has 0 fully saturated rings. The first-order valence-electron chi connectivity index (χ1n) is 2.48. The van der Waals surface area contributed by atoms with Crippen LogP contribution in [0.5, 0.6) is 0 Å². The number of hydrogen-bond donors (Lipinski definition) is 3. The molecule has 0 radical (unpaired) electrons. The van der Waals surface area contributed by atoms with Crippen LogP contribution in [0.1, 0.15) is 6.92 Å². The second-order valence-corrected chi connectivity index (χ2v) is 1.26. The van der Waals surface area contributed by atoms with Crippen LogP contribution in [-0.2, 0) is 0 Å². The van der Waals surface area contributed by atoms with Crippen molar-refractivity contribution in [2.45, 2.75) is 13.2 Å². The molecule has 0 aliphatic carbocycles.